The van der Waals surface area contributed by atoms with Gasteiger partial charge in [0.05, 0.1) is 5.60 Å². The van der Waals surface area contributed by atoms with Crippen molar-refractivity contribution in [2.75, 3.05) is 7.11 Å². The van der Waals surface area contributed by atoms with Crippen LogP contribution in [0, 0.1) is 0 Å². The maximum absolute atomic E-state index is 5.82. The van der Waals surface area contributed by atoms with Gasteiger partial charge >= 0.3 is 0 Å². The van der Waals surface area contributed by atoms with Crippen molar-refractivity contribution < 1.29 is 4.74 Å². The van der Waals surface area contributed by atoms with Crippen LogP contribution in [-0.2, 0) is 16.9 Å². The van der Waals surface area contributed by atoms with Crippen molar-refractivity contribution in [2.24, 2.45) is 5.73 Å². The molecule has 1 aromatic rings. The predicted octanol–water partition coefficient (Wildman–Crippen LogP) is 2.95. The first kappa shape index (κ1) is 11.6. The van der Waals surface area contributed by atoms with E-state index < -0.39 is 0 Å². The Morgan fingerprint density at radius 3 is 2.62 bits per heavy atom. The van der Waals surface area contributed by atoms with Crippen molar-refractivity contribution in [3.63, 3.8) is 0 Å². The van der Waals surface area contributed by atoms with Crippen molar-refractivity contribution in [2.45, 2.75) is 44.2 Å². The third-order valence-electron chi connectivity index (χ3n) is 3.74. The lowest BCUT2D eigenvalue weighted by Crippen LogP contribution is -2.31. The molecule has 2 N–H and O–H groups in total. The number of hydrogen-bond donors (Lipinski definition) is 1. The number of nitrogens with two attached hydrogens (primary N) is 1. The summed E-state index contributed by atoms with van der Waals surface area (Å²) >= 11 is 0. The lowest BCUT2D eigenvalue weighted by Gasteiger charge is -2.36. The lowest BCUT2D eigenvalue weighted by atomic mass is 9.79. The Kier molecular flexibility index (Phi) is 3.62. The lowest BCUT2D eigenvalue weighted by molar-refractivity contribution is -0.0445. The molecule has 0 saturated heterocycles. The Bertz CT molecular complexity index is 342. The van der Waals surface area contributed by atoms with E-state index in [2.05, 4.69) is 24.3 Å². The van der Waals surface area contributed by atoms with Crippen LogP contribution >= 0.6 is 0 Å². The maximum atomic E-state index is 5.82. The fourth-order valence-electron chi connectivity index (χ4n) is 2.72. The molecule has 2 heteroatoms. The number of ether oxygens (including phenoxy) is 1. The summed E-state index contributed by atoms with van der Waals surface area (Å²) in [6.45, 7) is 0.605. The van der Waals surface area contributed by atoms with Crippen molar-refractivity contribution in [1.29, 1.82) is 0 Å². The van der Waals surface area contributed by atoms with E-state index in [1.54, 1.807) is 0 Å². The SMILES string of the molecule is COC1(c2cccc(CN)c2)CCCCC1. The molecule has 2 nitrogen and oxygen atoms in total. The van der Waals surface area contributed by atoms with Crippen molar-refractivity contribution >= 4 is 0 Å². The maximum Gasteiger partial charge on any atom is 0.0927 e. The molecule has 0 radical (unpaired) electrons. The van der Waals surface area contributed by atoms with Crippen LogP contribution in [0.2, 0.25) is 0 Å². The van der Waals surface area contributed by atoms with E-state index >= 15 is 0 Å². The molecule has 1 fully saturated rings. The Labute approximate surface area is 97.8 Å². The van der Waals surface area contributed by atoms with Gasteiger partial charge in [0.1, 0.15) is 0 Å². The van der Waals surface area contributed by atoms with Crippen molar-refractivity contribution in [3.05, 3.63) is 35.4 Å². The van der Waals surface area contributed by atoms with Gasteiger partial charge in [0.2, 0.25) is 0 Å². The molecule has 0 unspecified atom stereocenters. The molecule has 0 atom stereocenters. The number of hydrogen-bond acceptors (Lipinski definition) is 2. The largest absolute Gasteiger partial charge is 0.374 e. The van der Waals surface area contributed by atoms with Gasteiger partial charge in [0.15, 0.2) is 0 Å². The summed E-state index contributed by atoms with van der Waals surface area (Å²) < 4.78 is 5.82. The normalized spacial score (nSPS) is 19.6. The van der Waals surface area contributed by atoms with Crippen molar-refractivity contribution in [1.82, 2.24) is 0 Å². The molecule has 0 aliphatic heterocycles. The highest BCUT2D eigenvalue weighted by Crippen LogP contribution is 2.40. The Morgan fingerprint density at radius 2 is 2.00 bits per heavy atom. The second-order valence-electron chi connectivity index (χ2n) is 4.66. The number of rotatable bonds is 3. The van der Waals surface area contributed by atoms with Crippen LogP contribution in [0.25, 0.3) is 0 Å². The molecule has 1 aliphatic rings. The monoisotopic (exact) mass is 219 g/mol. The minimum atomic E-state index is -0.0522. The van der Waals surface area contributed by atoms with E-state index in [1.165, 1.54) is 30.4 Å². The second kappa shape index (κ2) is 4.98. The number of benzene rings is 1. The van der Waals surface area contributed by atoms with Gasteiger partial charge in [0.25, 0.3) is 0 Å². The van der Waals surface area contributed by atoms with E-state index in [1.807, 2.05) is 7.11 Å². The van der Waals surface area contributed by atoms with Gasteiger partial charge in [-0.2, -0.15) is 0 Å². The summed E-state index contributed by atoms with van der Waals surface area (Å²) in [7, 11) is 1.83. The number of methoxy groups -OCH3 is 1. The van der Waals surface area contributed by atoms with Gasteiger partial charge in [-0.3, -0.25) is 0 Å². The smallest absolute Gasteiger partial charge is 0.0927 e. The third kappa shape index (κ3) is 2.13. The molecule has 0 amide bonds. The van der Waals surface area contributed by atoms with E-state index in [9.17, 15) is 0 Å². The first-order valence-corrected chi connectivity index (χ1v) is 6.15. The van der Waals surface area contributed by atoms with E-state index in [0.29, 0.717) is 6.54 Å². The van der Waals surface area contributed by atoms with Crippen LogP contribution in [0.3, 0.4) is 0 Å². The van der Waals surface area contributed by atoms with E-state index in [-0.39, 0.29) is 5.60 Å². The van der Waals surface area contributed by atoms with Crippen LogP contribution in [0.4, 0.5) is 0 Å². The van der Waals surface area contributed by atoms with Gasteiger partial charge in [-0.05, 0) is 24.0 Å². The van der Waals surface area contributed by atoms with Crippen molar-refractivity contribution in [3.8, 4) is 0 Å². The highest BCUT2D eigenvalue weighted by Gasteiger charge is 2.33. The second-order valence-corrected chi connectivity index (χ2v) is 4.66. The highest BCUT2D eigenvalue weighted by atomic mass is 16.5. The van der Waals surface area contributed by atoms with E-state index in [4.69, 9.17) is 10.5 Å². The standard InChI is InChI=1S/C14H21NO/c1-16-14(8-3-2-4-9-14)13-7-5-6-12(10-13)11-15/h5-7,10H,2-4,8-9,11,15H2,1H3. The average molecular weight is 219 g/mol. The summed E-state index contributed by atoms with van der Waals surface area (Å²) in [6.07, 6.45) is 6.14. The average Bonchev–Trinajstić information content (AvgIpc) is 2.39. The Hall–Kier alpha value is -0.860. The fraction of sp³-hybridized carbons (Fsp3) is 0.571. The van der Waals surface area contributed by atoms with E-state index in [0.717, 1.165) is 12.8 Å². The van der Waals surface area contributed by atoms with Crippen LogP contribution in [0.15, 0.2) is 24.3 Å². The Morgan fingerprint density at radius 1 is 1.25 bits per heavy atom. The first-order chi connectivity index (χ1) is 7.80. The van der Waals surface area contributed by atoms with Crippen LogP contribution in [-0.4, -0.2) is 7.11 Å². The van der Waals surface area contributed by atoms with Gasteiger partial charge < -0.3 is 10.5 Å². The van der Waals surface area contributed by atoms with Crippen LogP contribution in [0.1, 0.15) is 43.2 Å². The molecule has 1 aromatic carbocycles. The molecule has 16 heavy (non-hydrogen) atoms. The quantitative estimate of drug-likeness (QED) is 0.848. The van der Waals surface area contributed by atoms with Gasteiger partial charge in [-0.15, -0.1) is 0 Å². The molecule has 0 spiro atoms. The summed E-state index contributed by atoms with van der Waals surface area (Å²) in [4.78, 5) is 0. The summed E-state index contributed by atoms with van der Waals surface area (Å²) in [6, 6.07) is 8.55. The summed E-state index contributed by atoms with van der Waals surface area (Å²) in [5, 5.41) is 0. The zero-order valence-electron chi connectivity index (χ0n) is 10.0. The molecule has 1 saturated carbocycles. The zero-order valence-corrected chi connectivity index (χ0v) is 10.0. The summed E-state index contributed by atoms with van der Waals surface area (Å²) in [5.41, 5.74) is 8.14. The molecule has 0 aromatic heterocycles. The summed E-state index contributed by atoms with van der Waals surface area (Å²) in [5.74, 6) is 0. The minimum Gasteiger partial charge on any atom is -0.374 e. The zero-order chi connectivity index (χ0) is 11.4. The predicted molar refractivity (Wildman–Crippen MR) is 66.1 cm³/mol. The van der Waals surface area contributed by atoms with Gasteiger partial charge in [0, 0.05) is 13.7 Å². The molecule has 2 rings (SSSR count). The van der Waals surface area contributed by atoms with Gasteiger partial charge in [-0.1, -0.05) is 43.5 Å². The molecule has 0 bridgehead atoms. The van der Waals surface area contributed by atoms with Crippen LogP contribution in [0.5, 0.6) is 0 Å². The molecular formula is C14H21NO. The fourth-order valence-corrected chi connectivity index (χ4v) is 2.72. The molecule has 88 valence electrons. The highest BCUT2D eigenvalue weighted by molar-refractivity contribution is 5.29. The van der Waals surface area contributed by atoms with Crippen LogP contribution < -0.4 is 5.73 Å². The third-order valence-corrected chi connectivity index (χ3v) is 3.74. The van der Waals surface area contributed by atoms with Gasteiger partial charge in [-0.25, -0.2) is 0 Å². The minimum absolute atomic E-state index is 0.0522. The first-order valence-electron chi connectivity index (χ1n) is 6.15. The molecule has 1 aliphatic carbocycles. The molecule has 0 heterocycles. The Balaban J connectivity index is 2.31. The topological polar surface area (TPSA) is 35.2 Å². The molecular weight excluding hydrogens is 198 g/mol.